The Morgan fingerprint density at radius 3 is 2.61 bits per heavy atom. The molecule has 0 aliphatic heterocycles. The number of ether oxygens (including phenoxy) is 1. The molecule has 8 nitrogen and oxygen atoms in total. The van der Waals surface area contributed by atoms with E-state index in [4.69, 9.17) is 4.74 Å². The molecule has 2 aromatic carbocycles. The highest BCUT2D eigenvalue weighted by Crippen LogP contribution is 2.13. The fourth-order valence-corrected chi connectivity index (χ4v) is 2.40. The molecular weight excluding hydrogens is 356 g/mol. The summed E-state index contributed by atoms with van der Waals surface area (Å²) in [6.07, 6.45) is 0.960. The number of tetrazole rings is 1. The molecule has 1 aromatic heterocycles. The number of nitrogens with one attached hydrogen (secondary N) is 1. The van der Waals surface area contributed by atoms with Crippen LogP contribution in [0, 0.1) is 0 Å². The lowest BCUT2D eigenvalue weighted by Gasteiger charge is -2.06. The lowest BCUT2D eigenvalue weighted by atomic mass is 10.1. The summed E-state index contributed by atoms with van der Waals surface area (Å²) in [4.78, 5) is 13.3. The molecule has 0 fully saturated rings. The van der Waals surface area contributed by atoms with E-state index in [0.29, 0.717) is 18.1 Å². The molecule has 0 atom stereocenters. The SMILES string of the molecule is CCCOc1ccc(/C(C)=N/NC(=O)Cn2nnc(-c3ccccc3)n2)cc1. The molecule has 144 valence electrons. The van der Waals surface area contributed by atoms with Gasteiger partial charge in [-0.3, -0.25) is 4.79 Å². The van der Waals surface area contributed by atoms with Gasteiger partial charge in [-0.2, -0.15) is 9.90 Å². The summed E-state index contributed by atoms with van der Waals surface area (Å²) in [5.74, 6) is 0.951. The van der Waals surface area contributed by atoms with Crippen molar-refractivity contribution in [2.45, 2.75) is 26.8 Å². The number of benzene rings is 2. The van der Waals surface area contributed by atoms with Crippen LogP contribution in [0.1, 0.15) is 25.8 Å². The highest BCUT2D eigenvalue weighted by Gasteiger charge is 2.09. The summed E-state index contributed by atoms with van der Waals surface area (Å²) in [7, 11) is 0. The van der Waals surface area contributed by atoms with Gasteiger partial charge in [0.2, 0.25) is 5.82 Å². The largest absolute Gasteiger partial charge is 0.494 e. The summed E-state index contributed by atoms with van der Waals surface area (Å²) in [6, 6.07) is 17.0. The van der Waals surface area contributed by atoms with Gasteiger partial charge in [-0.25, -0.2) is 5.43 Å². The summed E-state index contributed by atoms with van der Waals surface area (Å²) in [5, 5.41) is 16.2. The Hall–Kier alpha value is -3.55. The Labute approximate surface area is 163 Å². The number of nitrogens with zero attached hydrogens (tertiary/aromatic N) is 5. The summed E-state index contributed by atoms with van der Waals surface area (Å²) < 4.78 is 5.56. The van der Waals surface area contributed by atoms with Crippen LogP contribution in [0.3, 0.4) is 0 Å². The highest BCUT2D eigenvalue weighted by atomic mass is 16.5. The first kappa shape index (κ1) is 19.2. The van der Waals surface area contributed by atoms with E-state index in [1.807, 2.05) is 61.5 Å². The first-order valence-corrected chi connectivity index (χ1v) is 9.05. The average Bonchev–Trinajstić information content (AvgIpc) is 3.20. The van der Waals surface area contributed by atoms with E-state index in [2.05, 4.69) is 32.9 Å². The lowest BCUT2D eigenvalue weighted by Crippen LogP contribution is -2.25. The van der Waals surface area contributed by atoms with Gasteiger partial charge in [-0.15, -0.1) is 10.2 Å². The number of hydrogen-bond acceptors (Lipinski definition) is 6. The van der Waals surface area contributed by atoms with Crippen LogP contribution < -0.4 is 10.2 Å². The summed E-state index contributed by atoms with van der Waals surface area (Å²) in [6.45, 7) is 4.50. The van der Waals surface area contributed by atoms with Crippen LogP contribution in [0.5, 0.6) is 5.75 Å². The van der Waals surface area contributed by atoms with Crippen LogP contribution in [-0.2, 0) is 11.3 Å². The fraction of sp³-hybridized carbons (Fsp3) is 0.250. The van der Waals surface area contributed by atoms with Crippen molar-refractivity contribution in [2.75, 3.05) is 6.61 Å². The van der Waals surface area contributed by atoms with Gasteiger partial charge < -0.3 is 4.74 Å². The van der Waals surface area contributed by atoms with Crippen LogP contribution >= 0.6 is 0 Å². The second-order valence-corrected chi connectivity index (χ2v) is 6.11. The predicted octanol–water partition coefficient (Wildman–Crippen LogP) is 2.67. The van der Waals surface area contributed by atoms with Crippen molar-refractivity contribution in [3.05, 3.63) is 60.2 Å². The van der Waals surface area contributed by atoms with Crippen LogP contribution in [0.25, 0.3) is 11.4 Å². The quantitative estimate of drug-likeness (QED) is 0.480. The number of rotatable bonds is 8. The van der Waals surface area contributed by atoms with E-state index in [1.165, 1.54) is 4.80 Å². The van der Waals surface area contributed by atoms with Crippen molar-refractivity contribution < 1.29 is 9.53 Å². The second-order valence-electron chi connectivity index (χ2n) is 6.11. The Bertz CT molecular complexity index is 935. The zero-order valence-electron chi connectivity index (χ0n) is 15.9. The van der Waals surface area contributed by atoms with Crippen molar-refractivity contribution in [3.8, 4) is 17.1 Å². The van der Waals surface area contributed by atoms with Crippen molar-refractivity contribution in [1.29, 1.82) is 0 Å². The number of carbonyl (C=O) groups excluding carboxylic acids is 1. The van der Waals surface area contributed by atoms with E-state index in [9.17, 15) is 4.79 Å². The number of hydrogen-bond donors (Lipinski definition) is 1. The molecule has 0 unspecified atom stereocenters. The third kappa shape index (κ3) is 5.23. The van der Waals surface area contributed by atoms with Gasteiger partial charge in [0.25, 0.3) is 5.91 Å². The summed E-state index contributed by atoms with van der Waals surface area (Å²) >= 11 is 0. The molecule has 1 heterocycles. The standard InChI is InChI=1S/C20H22N6O2/c1-3-13-28-18-11-9-16(10-12-18)15(2)21-22-19(27)14-26-24-20(23-25-26)17-7-5-4-6-8-17/h4-12H,3,13-14H2,1-2H3,(H,22,27)/b21-15+. The predicted molar refractivity (Wildman–Crippen MR) is 106 cm³/mol. The molecule has 1 N–H and O–H groups in total. The molecule has 3 rings (SSSR count). The molecular formula is C20H22N6O2. The molecule has 3 aromatic rings. The van der Waals surface area contributed by atoms with Crippen LogP contribution in [-0.4, -0.2) is 38.4 Å². The average molecular weight is 378 g/mol. The van der Waals surface area contributed by atoms with E-state index in [-0.39, 0.29) is 12.5 Å². The molecule has 0 aliphatic rings. The molecule has 0 bridgehead atoms. The molecule has 8 heteroatoms. The molecule has 0 saturated carbocycles. The maximum Gasteiger partial charge on any atom is 0.263 e. The van der Waals surface area contributed by atoms with Crippen molar-refractivity contribution in [2.24, 2.45) is 5.10 Å². The number of hydrazone groups is 1. The Morgan fingerprint density at radius 1 is 1.14 bits per heavy atom. The molecule has 0 aliphatic carbocycles. The Balaban J connectivity index is 1.55. The third-order valence-corrected chi connectivity index (χ3v) is 3.86. The van der Waals surface area contributed by atoms with Gasteiger partial charge in [-0.1, -0.05) is 37.3 Å². The van der Waals surface area contributed by atoms with Gasteiger partial charge in [0, 0.05) is 5.56 Å². The normalized spacial score (nSPS) is 11.3. The van der Waals surface area contributed by atoms with Gasteiger partial charge in [0.15, 0.2) is 0 Å². The molecule has 1 amide bonds. The first-order valence-electron chi connectivity index (χ1n) is 9.05. The van der Waals surface area contributed by atoms with Gasteiger partial charge >= 0.3 is 0 Å². The number of aromatic nitrogens is 4. The smallest absolute Gasteiger partial charge is 0.263 e. The summed E-state index contributed by atoms with van der Waals surface area (Å²) in [5.41, 5.74) is 4.94. The monoisotopic (exact) mass is 378 g/mol. The molecule has 0 spiro atoms. The van der Waals surface area contributed by atoms with Crippen LogP contribution in [0.15, 0.2) is 59.7 Å². The first-order chi connectivity index (χ1) is 13.7. The van der Waals surface area contributed by atoms with Crippen molar-refractivity contribution in [1.82, 2.24) is 25.6 Å². The highest BCUT2D eigenvalue weighted by molar-refractivity contribution is 5.99. The van der Waals surface area contributed by atoms with E-state index in [0.717, 1.165) is 23.3 Å². The van der Waals surface area contributed by atoms with Crippen molar-refractivity contribution >= 4 is 11.6 Å². The maximum absolute atomic E-state index is 12.1. The topological polar surface area (TPSA) is 94.3 Å². The molecule has 0 saturated heterocycles. The minimum absolute atomic E-state index is 0.0690. The molecule has 28 heavy (non-hydrogen) atoms. The van der Waals surface area contributed by atoms with Gasteiger partial charge in [0.1, 0.15) is 12.3 Å². The third-order valence-electron chi connectivity index (χ3n) is 3.86. The van der Waals surface area contributed by atoms with E-state index in [1.54, 1.807) is 0 Å². The number of amides is 1. The zero-order chi connectivity index (χ0) is 19.8. The zero-order valence-corrected chi connectivity index (χ0v) is 15.9. The van der Waals surface area contributed by atoms with Gasteiger partial charge in [0.05, 0.1) is 12.3 Å². The van der Waals surface area contributed by atoms with Crippen LogP contribution in [0.2, 0.25) is 0 Å². The Morgan fingerprint density at radius 2 is 1.89 bits per heavy atom. The van der Waals surface area contributed by atoms with Crippen LogP contribution in [0.4, 0.5) is 0 Å². The van der Waals surface area contributed by atoms with Gasteiger partial charge in [-0.05, 0) is 48.4 Å². The molecule has 0 radical (unpaired) electrons. The minimum atomic E-state index is -0.334. The Kier molecular flexibility index (Phi) is 6.46. The van der Waals surface area contributed by atoms with E-state index < -0.39 is 0 Å². The minimum Gasteiger partial charge on any atom is -0.494 e. The number of carbonyl (C=O) groups is 1. The lowest BCUT2D eigenvalue weighted by molar-refractivity contribution is -0.122. The van der Waals surface area contributed by atoms with E-state index >= 15 is 0 Å². The second kappa shape index (κ2) is 9.40. The van der Waals surface area contributed by atoms with Crippen molar-refractivity contribution in [3.63, 3.8) is 0 Å². The fourth-order valence-electron chi connectivity index (χ4n) is 2.40. The maximum atomic E-state index is 12.1.